The number of aliphatic imine (C=N–C) groups is 1. The van der Waals surface area contributed by atoms with Gasteiger partial charge in [-0.25, -0.2) is 4.99 Å². The predicted molar refractivity (Wildman–Crippen MR) is 86.4 cm³/mol. The fourth-order valence-electron chi connectivity index (χ4n) is 2.31. The lowest BCUT2D eigenvalue weighted by atomic mass is 9.78. The van der Waals surface area contributed by atoms with E-state index in [-0.39, 0.29) is 6.61 Å². The standard InChI is InChI=1S/C15H14N2O2S2/c1-3-5-19-15(18)12-9(2)17-14(20)11(7-16)13(12)10-4-6-21-8-10/h3-4,6,8,12-13,20H,1,5H2,2H3/t12?,13-/m1/s1. The number of ether oxygens (including phenoxy) is 1. The van der Waals surface area contributed by atoms with E-state index in [0.717, 1.165) is 5.56 Å². The monoisotopic (exact) mass is 318 g/mol. The van der Waals surface area contributed by atoms with Gasteiger partial charge < -0.3 is 4.74 Å². The molecule has 1 aromatic heterocycles. The molecule has 2 atom stereocenters. The van der Waals surface area contributed by atoms with E-state index in [0.29, 0.717) is 16.3 Å². The van der Waals surface area contributed by atoms with Crippen molar-refractivity contribution in [3.8, 4) is 6.07 Å². The van der Waals surface area contributed by atoms with Gasteiger partial charge in [-0.3, -0.25) is 4.79 Å². The minimum absolute atomic E-state index is 0.137. The first-order chi connectivity index (χ1) is 10.1. The van der Waals surface area contributed by atoms with Gasteiger partial charge in [-0.2, -0.15) is 16.6 Å². The number of thiophene rings is 1. The van der Waals surface area contributed by atoms with Crippen molar-refractivity contribution in [3.05, 3.63) is 45.6 Å². The van der Waals surface area contributed by atoms with E-state index in [9.17, 15) is 10.1 Å². The fraction of sp³-hybridized carbons (Fsp3) is 0.267. The molecule has 0 spiro atoms. The number of esters is 1. The SMILES string of the molecule is C=CCOC(=O)C1C(C)=NC(S)=C(C#N)[C@H]1c1ccsc1. The number of carbonyl (C=O) groups is 1. The number of allylic oxidation sites excluding steroid dienone is 1. The van der Waals surface area contributed by atoms with Crippen LogP contribution < -0.4 is 0 Å². The van der Waals surface area contributed by atoms with Crippen LogP contribution in [0, 0.1) is 17.2 Å². The third-order valence-corrected chi connectivity index (χ3v) is 4.28. The summed E-state index contributed by atoms with van der Waals surface area (Å²) >= 11 is 5.79. The van der Waals surface area contributed by atoms with E-state index in [1.807, 2.05) is 16.8 Å². The Morgan fingerprint density at radius 1 is 1.71 bits per heavy atom. The van der Waals surface area contributed by atoms with Crippen LogP contribution in [0.5, 0.6) is 0 Å². The molecule has 4 nitrogen and oxygen atoms in total. The van der Waals surface area contributed by atoms with Gasteiger partial charge in [0.1, 0.15) is 17.6 Å². The van der Waals surface area contributed by atoms with Crippen LogP contribution in [0.3, 0.4) is 0 Å². The lowest BCUT2D eigenvalue weighted by Gasteiger charge is -2.28. The minimum Gasteiger partial charge on any atom is -0.461 e. The van der Waals surface area contributed by atoms with E-state index in [1.165, 1.54) is 17.4 Å². The van der Waals surface area contributed by atoms with Crippen LogP contribution in [0.2, 0.25) is 0 Å². The van der Waals surface area contributed by atoms with Crippen LogP contribution in [0.15, 0.2) is 45.1 Å². The third-order valence-electron chi connectivity index (χ3n) is 3.24. The van der Waals surface area contributed by atoms with E-state index >= 15 is 0 Å². The van der Waals surface area contributed by atoms with Gasteiger partial charge in [0, 0.05) is 11.6 Å². The van der Waals surface area contributed by atoms with Crippen LogP contribution in [0.4, 0.5) is 0 Å². The average molecular weight is 318 g/mol. The number of hydrogen-bond donors (Lipinski definition) is 1. The van der Waals surface area contributed by atoms with Crippen LogP contribution in [0.1, 0.15) is 18.4 Å². The van der Waals surface area contributed by atoms with Gasteiger partial charge in [0.15, 0.2) is 0 Å². The summed E-state index contributed by atoms with van der Waals surface area (Å²) in [6, 6.07) is 4.03. The van der Waals surface area contributed by atoms with Gasteiger partial charge in [0.05, 0.1) is 11.6 Å². The molecule has 0 aromatic carbocycles. The largest absolute Gasteiger partial charge is 0.461 e. The Labute approximate surface area is 132 Å². The molecular weight excluding hydrogens is 304 g/mol. The van der Waals surface area contributed by atoms with Gasteiger partial charge in [-0.1, -0.05) is 12.7 Å². The number of carbonyl (C=O) groups excluding carboxylic acids is 1. The second kappa shape index (κ2) is 6.74. The Balaban J connectivity index is 2.47. The van der Waals surface area contributed by atoms with Crippen LogP contribution in [0.25, 0.3) is 0 Å². The first-order valence-corrected chi connectivity index (χ1v) is 7.67. The Morgan fingerprint density at radius 3 is 3.05 bits per heavy atom. The average Bonchev–Trinajstić information content (AvgIpc) is 2.97. The lowest BCUT2D eigenvalue weighted by molar-refractivity contribution is -0.145. The van der Waals surface area contributed by atoms with Gasteiger partial charge in [0.25, 0.3) is 0 Å². The molecule has 0 saturated heterocycles. The van der Waals surface area contributed by atoms with Crippen molar-refractivity contribution < 1.29 is 9.53 Å². The molecule has 2 rings (SSSR count). The van der Waals surface area contributed by atoms with Gasteiger partial charge >= 0.3 is 5.97 Å². The predicted octanol–water partition coefficient (Wildman–Crippen LogP) is 3.32. The van der Waals surface area contributed by atoms with Crippen molar-refractivity contribution in [2.45, 2.75) is 12.8 Å². The number of thiol groups is 1. The highest BCUT2D eigenvalue weighted by atomic mass is 32.1. The summed E-state index contributed by atoms with van der Waals surface area (Å²) in [5, 5.41) is 13.6. The second-order valence-electron chi connectivity index (χ2n) is 4.53. The molecule has 1 aromatic rings. The molecular formula is C15H14N2O2S2. The van der Waals surface area contributed by atoms with Crippen LogP contribution in [-0.4, -0.2) is 18.3 Å². The molecule has 0 fully saturated rings. The molecule has 2 heterocycles. The maximum atomic E-state index is 12.3. The zero-order chi connectivity index (χ0) is 15.4. The fourth-order valence-corrected chi connectivity index (χ4v) is 3.36. The smallest absolute Gasteiger partial charge is 0.315 e. The summed E-state index contributed by atoms with van der Waals surface area (Å²) in [5.41, 5.74) is 1.89. The highest BCUT2D eigenvalue weighted by Crippen LogP contribution is 2.40. The van der Waals surface area contributed by atoms with Gasteiger partial charge in [-0.05, 0) is 29.3 Å². The lowest BCUT2D eigenvalue weighted by Crippen LogP contribution is -2.33. The number of rotatable bonds is 4. The topological polar surface area (TPSA) is 62.4 Å². The van der Waals surface area contributed by atoms with E-state index < -0.39 is 17.8 Å². The van der Waals surface area contributed by atoms with Crippen LogP contribution in [-0.2, 0) is 9.53 Å². The molecule has 0 amide bonds. The van der Waals surface area contributed by atoms with Crippen molar-refractivity contribution in [3.63, 3.8) is 0 Å². The molecule has 21 heavy (non-hydrogen) atoms. The van der Waals surface area contributed by atoms with Crippen molar-refractivity contribution in [1.82, 2.24) is 0 Å². The van der Waals surface area contributed by atoms with Crippen molar-refractivity contribution in [2.24, 2.45) is 10.9 Å². The maximum absolute atomic E-state index is 12.3. The summed E-state index contributed by atoms with van der Waals surface area (Å²) in [7, 11) is 0. The molecule has 0 aliphatic carbocycles. The molecule has 0 bridgehead atoms. The Morgan fingerprint density at radius 2 is 2.48 bits per heavy atom. The minimum atomic E-state index is -0.606. The maximum Gasteiger partial charge on any atom is 0.315 e. The third kappa shape index (κ3) is 3.09. The summed E-state index contributed by atoms with van der Waals surface area (Å²) < 4.78 is 5.17. The zero-order valence-electron chi connectivity index (χ0n) is 11.4. The zero-order valence-corrected chi connectivity index (χ0v) is 13.2. The Hall–Kier alpha value is -1.84. The van der Waals surface area contributed by atoms with Crippen molar-refractivity contribution >= 4 is 35.6 Å². The molecule has 1 aliphatic rings. The van der Waals surface area contributed by atoms with Crippen molar-refractivity contribution in [2.75, 3.05) is 6.61 Å². The molecule has 108 valence electrons. The Bertz CT molecular complexity index is 654. The van der Waals surface area contributed by atoms with Crippen molar-refractivity contribution in [1.29, 1.82) is 5.26 Å². The molecule has 6 heteroatoms. The normalized spacial score (nSPS) is 21.5. The first-order valence-electron chi connectivity index (χ1n) is 6.28. The summed E-state index contributed by atoms with van der Waals surface area (Å²) in [6.45, 7) is 5.42. The summed E-state index contributed by atoms with van der Waals surface area (Å²) in [6.07, 6.45) is 1.51. The Kier molecular flexibility index (Phi) is 4.99. The number of hydrogen-bond acceptors (Lipinski definition) is 6. The summed E-state index contributed by atoms with van der Waals surface area (Å²) in [4.78, 5) is 16.6. The molecule has 0 radical (unpaired) electrons. The number of nitrogens with zero attached hydrogens (tertiary/aromatic N) is 2. The van der Waals surface area contributed by atoms with Crippen LogP contribution >= 0.6 is 24.0 Å². The molecule has 0 saturated carbocycles. The van der Waals surface area contributed by atoms with E-state index in [4.69, 9.17) is 4.74 Å². The van der Waals surface area contributed by atoms with E-state index in [1.54, 1.807) is 6.92 Å². The first kappa shape index (κ1) is 15.5. The summed E-state index contributed by atoms with van der Waals surface area (Å²) in [5.74, 6) is -1.41. The molecule has 1 aliphatic heterocycles. The highest BCUT2D eigenvalue weighted by Gasteiger charge is 2.39. The molecule has 1 unspecified atom stereocenters. The van der Waals surface area contributed by atoms with E-state index in [2.05, 4.69) is 30.3 Å². The second-order valence-corrected chi connectivity index (χ2v) is 5.74. The highest BCUT2D eigenvalue weighted by molar-refractivity contribution is 7.84. The number of nitriles is 1. The van der Waals surface area contributed by atoms with Gasteiger partial charge in [-0.15, -0.1) is 12.6 Å². The quantitative estimate of drug-likeness (QED) is 0.526. The molecule has 0 N–H and O–H groups in total. The van der Waals surface area contributed by atoms with Gasteiger partial charge in [0.2, 0.25) is 0 Å².